The van der Waals surface area contributed by atoms with Crippen molar-refractivity contribution < 1.29 is 0 Å². The van der Waals surface area contributed by atoms with Crippen LogP contribution in [-0.4, -0.2) is 9.13 Å². The van der Waals surface area contributed by atoms with E-state index in [0.29, 0.717) is 0 Å². The molecule has 0 saturated carbocycles. The highest BCUT2D eigenvalue weighted by atomic mass is 15.0. The van der Waals surface area contributed by atoms with Crippen molar-refractivity contribution in [2.75, 3.05) is 0 Å². The van der Waals surface area contributed by atoms with Gasteiger partial charge in [0.05, 0.1) is 11.0 Å². The summed E-state index contributed by atoms with van der Waals surface area (Å²) in [5, 5.41) is 5.18. The van der Waals surface area contributed by atoms with Gasteiger partial charge in [0.2, 0.25) is 0 Å². The first-order valence-corrected chi connectivity index (χ1v) is 29.1. The summed E-state index contributed by atoms with van der Waals surface area (Å²) >= 11 is 0. The molecule has 0 aliphatic heterocycles. The maximum absolute atomic E-state index is 6.45. The Bertz CT molecular complexity index is 2630. The van der Waals surface area contributed by atoms with Crippen molar-refractivity contribution in [3.05, 3.63) is 94.5 Å². The predicted octanol–water partition coefficient (Wildman–Crippen LogP) is 20.8. The van der Waals surface area contributed by atoms with Crippen LogP contribution in [0.1, 0.15) is 263 Å². The molecule has 378 valence electrons. The second kappa shape index (κ2) is 28.0. The van der Waals surface area contributed by atoms with Crippen LogP contribution in [0.3, 0.4) is 0 Å². The van der Waals surface area contributed by atoms with Crippen molar-refractivity contribution in [1.82, 2.24) is 9.13 Å². The number of aryl methyl sites for hydroxylation is 2. The monoisotopic (exact) mass is 941 g/mol. The van der Waals surface area contributed by atoms with E-state index in [1.807, 2.05) is 0 Å². The summed E-state index contributed by atoms with van der Waals surface area (Å²) in [6.45, 7) is 20.5. The number of unbranched alkanes of at least 4 members (excludes halogenated alkanes) is 26. The molecule has 0 radical (unpaired) electrons. The Labute approximate surface area is 428 Å². The van der Waals surface area contributed by atoms with Crippen LogP contribution in [0, 0.1) is 24.2 Å². The predicted molar refractivity (Wildman–Crippen MR) is 311 cm³/mol. The SMILES string of the molecule is C#Cc1cc(C(C)(C)C)cc2c3cc(C(C)(C)C)cc(C#Cc4ccc5c(c4)c4ccccc4n5CCCCCCCCCCCCCCCC)c3n(CCCCCCCCCCCCCCCC)c12. The molecule has 6 aromatic rings. The highest BCUT2D eigenvalue weighted by Crippen LogP contribution is 2.40. The van der Waals surface area contributed by atoms with Crippen molar-refractivity contribution in [3.63, 3.8) is 0 Å². The minimum Gasteiger partial charge on any atom is -0.340 e. The third-order valence-electron chi connectivity index (χ3n) is 15.5. The first-order valence-electron chi connectivity index (χ1n) is 29.1. The quantitative estimate of drug-likeness (QED) is 0.0315. The second-order valence-corrected chi connectivity index (χ2v) is 23.5. The zero-order valence-electron chi connectivity index (χ0n) is 46.0. The number of aromatic nitrogens is 2. The number of nitrogens with zero attached hydrogens (tertiary/aromatic N) is 2. The van der Waals surface area contributed by atoms with Crippen LogP contribution in [0.2, 0.25) is 0 Å². The van der Waals surface area contributed by atoms with E-state index < -0.39 is 0 Å². The molecule has 2 aromatic heterocycles. The summed E-state index contributed by atoms with van der Waals surface area (Å²) < 4.78 is 5.14. The molecule has 6 rings (SSSR count). The number of para-hydroxylation sites is 1. The smallest absolute Gasteiger partial charge is 0.0651 e. The number of hydrogen-bond donors (Lipinski definition) is 0. The fourth-order valence-corrected chi connectivity index (χ4v) is 11.1. The Hall–Kier alpha value is -4.40. The van der Waals surface area contributed by atoms with Gasteiger partial charge in [-0.3, -0.25) is 0 Å². The Morgan fingerprint density at radius 1 is 0.386 bits per heavy atom. The highest BCUT2D eigenvalue weighted by molar-refractivity contribution is 6.12. The van der Waals surface area contributed by atoms with Crippen molar-refractivity contribution in [3.8, 4) is 24.2 Å². The number of fused-ring (bicyclic) bond motifs is 6. The third-order valence-corrected chi connectivity index (χ3v) is 15.5. The standard InChI is InChI=1S/C68H96N2/c1-10-13-15-17-19-21-23-25-27-29-31-33-35-39-47-69-63-42-38-37-41-59(63)60-49-54(44-46-64(60)69)43-45-56-51-58(68(7,8)9)53-62-61-52-57(67(4,5)6)50-55(12-3)65(61)70(66(56)62)48-40-36-34-32-30-28-26-24-22-20-18-16-14-11-2/h3,37-38,41-42,44,46,49-53H,10-11,13-36,39-40,47-48H2,1-2,4-9H3. The second-order valence-electron chi connectivity index (χ2n) is 23.5. The molecule has 70 heavy (non-hydrogen) atoms. The van der Waals surface area contributed by atoms with Crippen LogP contribution in [0.4, 0.5) is 0 Å². The van der Waals surface area contributed by atoms with Gasteiger partial charge in [-0.25, -0.2) is 0 Å². The van der Waals surface area contributed by atoms with E-state index in [-0.39, 0.29) is 10.8 Å². The molecule has 0 aliphatic rings. The fourth-order valence-electron chi connectivity index (χ4n) is 11.1. The molecule has 2 nitrogen and oxygen atoms in total. The lowest BCUT2D eigenvalue weighted by molar-refractivity contribution is 0.528. The van der Waals surface area contributed by atoms with Crippen LogP contribution in [0.15, 0.2) is 66.7 Å². The van der Waals surface area contributed by atoms with Gasteiger partial charge in [-0.05, 0) is 83.3 Å². The van der Waals surface area contributed by atoms with Crippen LogP contribution in [-0.2, 0) is 23.9 Å². The van der Waals surface area contributed by atoms with E-state index in [0.717, 1.165) is 36.2 Å². The minimum absolute atomic E-state index is 0.0267. The average molecular weight is 942 g/mol. The Morgan fingerprint density at radius 3 is 1.24 bits per heavy atom. The zero-order chi connectivity index (χ0) is 49.8. The summed E-state index contributed by atoms with van der Waals surface area (Å²) in [6.07, 6.45) is 44.8. The van der Waals surface area contributed by atoms with Gasteiger partial charge in [-0.15, -0.1) is 6.42 Å². The number of benzene rings is 4. The van der Waals surface area contributed by atoms with Gasteiger partial charge >= 0.3 is 0 Å². The summed E-state index contributed by atoms with van der Waals surface area (Å²) in [4.78, 5) is 0. The molecule has 2 heteroatoms. The molecule has 0 bridgehead atoms. The Morgan fingerprint density at radius 2 is 0.786 bits per heavy atom. The molecule has 0 atom stereocenters. The molecule has 0 unspecified atom stereocenters. The van der Waals surface area contributed by atoms with Crippen LogP contribution in [0.5, 0.6) is 0 Å². The van der Waals surface area contributed by atoms with E-state index in [9.17, 15) is 0 Å². The fraction of sp³-hybridized carbons (Fsp3) is 0.588. The van der Waals surface area contributed by atoms with Crippen molar-refractivity contribution >= 4 is 43.6 Å². The van der Waals surface area contributed by atoms with Gasteiger partial charge in [-0.2, -0.15) is 0 Å². The maximum Gasteiger partial charge on any atom is 0.0651 e. The molecule has 0 N–H and O–H groups in total. The van der Waals surface area contributed by atoms with Crippen molar-refractivity contribution in [2.24, 2.45) is 0 Å². The number of hydrogen-bond acceptors (Lipinski definition) is 0. The first-order chi connectivity index (χ1) is 34.0. The third kappa shape index (κ3) is 15.6. The van der Waals surface area contributed by atoms with E-state index >= 15 is 0 Å². The van der Waals surface area contributed by atoms with E-state index in [2.05, 4.69) is 149 Å². The largest absolute Gasteiger partial charge is 0.340 e. The van der Waals surface area contributed by atoms with Crippen LogP contribution in [0.25, 0.3) is 43.6 Å². The van der Waals surface area contributed by atoms with Gasteiger partial charge < -0.3 is 9.13 Å². The summed E-state index contributed by atoms with van der Waals surface area (Å²) in [6, 6.07) is 25.5. The molecule has 0 spiro atoms. The van der Waals surface area contributed by atoms with Crippen molar-refractivity contribution in [2.45, 2.75) is 259 Å². The summed E-state index contributed by atoms with van der Waals surface area (Å²) in [5.74, 6) is 10.7. The molecule has 2 heterocycles. The van der Waals surface area contributed by atoms with Gasteiger partial charge in [0.25, 0.3) is 0 Å². The highest BCUT2D eigenvalue weighted by Gasteiger charge is 2.24. The van der Waals surface area contributed by atoms with Gasteiger partial charge in [0, 0.05) is 62.4 Å². The molecule has 0 saturated heterocycles. The summed E-state index contributed by atoms with van der Waals surface area (Å²) in [7, 11) is 0. The molecule has 0 fully saturated rings. The van der Waals surface area contributed by atoms with Crippen molar-refractivity contribution in [1.29, 1.82) is 0 Å². The summed E-state index contributed by atoms with van der Waals surface area (Å²) in [5.41, 5.74) is 10.8. The zero-order valence-corrected chi connectivity index (χ0v) is 46.0. The molecule has 0 aliphatic carbocycles. The van der Waals surface area contributed by atoms with Crippen LogP contribution >= 0.6 is 0 Å². The lowest BCUT2D eigenvalue weighted by atomic mass is 9.83. The Balaban J connectivity index is 1.20. The van der Waals surface area contributed by atoms with Gasteiger partial charge in [0.1, 0.15) is 0 Å². The first kappa shape index (κ1) is 54.9. The van der Waals surface area contributed by atoms with E-state index in [1.165, 1.54) is 228 Å². The topological polar surface area (TPSA) is 9.86 Å². The number of rotatable bonds is 30. The maximum atomic E-state index is 6.45. The Kier molecular flexibility index (Phi) is 22.0. The van der Waals surface area contributed by atoms with Gasteiger partial charge in [0.15, 0.2) is 0 Å². The van der Waals surface area contributed by atoms with E-state index in [1.54, 1.807) is 0 Å². The minimum atomic E-state index is -0.0437. The molecule has 0 amide bonds. The van der Waals surface area contributed by atoms with E-state index in [4.69, 9.17) is 6.42 Å². The number of terminal acetylenes is 1. The van der Waals surface area contributed by atoms with Crippen LogP contribution < -0.4 is 0 Å². The lowest BCUT2D eigenvalue weighted by Gasteiger charge is -2.20. The van der Waals surface area contributed by atoms with Gasteiger partial charge in [-0.1, -0.05) is 258 Å². The molecular formula is C68H96N2. The molecule has 4 aromatic carbocycles. The average Bonchev–Trinajstić information content (AvgIpc) is 3.84. The lowest BCUT2D eigenvalue weighted by Crippen LogP contribution is -2.11. The normalized spacial score (nSPS) is 12.2. The molecular weight excluding hydrogens is 845 g/mol.